The van der Waals surface area contributed by atoms with Crippen LogP contribution in [0.1, 0.15) is 0 Å². The Labute approximate surface area is 61.2 Å². The lowest BCUT2D eigenvalue weighted by Crippen LogP contribution is -2.34. The van der Waals surface area contributed by atoms with Crippen molar-refractivity contribution in [2.24, 2.45) is 0 Å². The molecule has 0 saturated heterocycles. The van der Waals surface area contributed by atoms with Gasteiger partial charge in [-0.1, -0.05) is 0 Å². The number of nitrogen functional groups attached to an aromatic ring is 1. The summed E-state index contributed by atoms with van der Waals surface area (Å²) >= 11 is 0. The number of aromatic amines is 1. The summed E-state index contributed by atoms with van der Waals surface area (Å²) in [6.45, 7) is 0. The summed E-state index contributed by atoms with van der Waals surface area (Å²) in [6.07, 6.45) is 0. The molecular weight excluding hydrogens is 150 g/mol. The lowest BCUT2D eigenvalue weighted by Gasteiger charge is -2.03. The van der Waals surface area contributed by atoms with Crippen LogP contribution in [-0.4, -0.2) is 16.8 Å². The highest BCUT2D eigenvalue weighted by molar-refractivity contribution is 5.24. The summed E-state index contributed by atoms with van der Waals surface area (Å²) in [5, 5.41) is 0. The minimum atomic E-state index is -0.683. The van der Waals surface area contributed by atoms with Crippen molar-refractivity contribution >= 4 is 5.82 Å². The van der Waals surface area contributed by atoms with Crippen LogP contribution in [0.15, 0.2) is 15.7 Å². The van der Waals surface area contributed by atoms with Crippen molar-refractivity contribution in [3.8, 4) is 0 Å². The van der Waals surface area contributed by atoms with Crippen LogP contribution in [0.4, 0.5) is 5.82 Å². The molecule has 0 atom stereocenters. The molecule has 11 heavy (non-hydrogen) atoms. The molecule has 0 amide bonds. The quantitative estimate of drug-likeness (QED) is 0.502. The lowest BCUT2D eigenvalue weighted by molar-refractivity contribution is 0.158. The highest BCUT2D eigenvalue weighted by Gasteiger charge is 1.99. The fourth-order valence-electron chi connectivity index (χ4n) is 0.691. The Balaban J connectivity index is 3.49. The third-order valence-electron chi connectivity index (χ3n) is 1.11. The molecule has 0 saturated carbocycles. The maximum absolute atomic E-state index is 10.8. The molecule has 0 aliphatic rings. The van der Waals surface area contributed by atoms with Crippen LogP contribution < -0.4 is 21.8 Å². The van der Waals surface area contributed by atoms with E-state index >= 15 is 0 Å². The zero-order valence-corrected chi connectivity index (χ0v) is 5.83. The van der Waals surface area contributed by atoms with E-state index in [4.69, 9.17) is 5.73 Å². The molecule has 60 valence electrons. The highest BCUT2D eigenvalue weighted by Crippen LogP contribution is 1.86. The Kier molecular flexibility index (Phi) is 1.67. The number of H-pyrrole nitrogens is 1. The molecular formula is C5H7N3O3. The van der Waals surface area contributed by atoms with Gasteiger partial charge in [0.25, 0.3) is 5.56 Å². The molecule has 1 aromatic rings. The monoisotopic (exact) mass is 157 g/mol. The Morgan fingerprint density at radius 1 is 1.64 bits per heavy atom. The Hall–Kier alpha value is -1.72. The van der Waals surface area contributed by atoms with Crippen LogP contribution >= 0.6 is 0 Å². The molecule has 1 heterocycles. The standard InChI is InChI=1S/C5H7N3O3/c1-11-8-3(6)2-4(9)7-5(8)10/h2H,6H2,1H3,(H,7,9,10). The van der Waals surface area contributed by atoms with E-state index in [1.54, 1.807) is 0 Å². The molecule has 0 radical (unpaired) electrons. The van der Waals surface area contributed by atoms with Crippen molar-refractivity contribution in [1.82, 2.24) is 9.71 Å². The predicted molar refractivity (Wildman–Crippen MR) is 38.2 cm³/mol. The van der Waals surface area contributed by atoms with Gasteiger partial charge in [-0.3, -0.25) is 9.78 Å². The van der Waals surface area contributed by atoms with Crippen molar-refractivity contribution in [3.63, 3.8) is 0 Å². The van der Waals surface area contributed by atoms with Gasteiger partial charge in [-0.2, -0.15) is 0 Å². The Morgan fingerprint density at radius 3 is 2.73 bits per heavy atom. The lowest BCUT2D eigenvalue weighted by atomic mass is 10.6. The number of nitrogens with zero attached hydrogens (tertiary/aromatic N) is 1. The van der Waals surface area contributed by atoms with Gasteiger partial charge >= 0.3 is 5.69 Å². The van der Waals surface area contributed by atoms with Crippen LogP contribution in [0.2, 0.25) is 0 Å². The van der Waals surface area contributed by atoms with E-state index in [0.717, 1.165) is 10.8 Å². The summed E-state index contributed by atoms with van der Waals surface area (Å²) in [5.41, 5.74) is 4.03. The van der Waals surface area contributed by atoms with Crippen molar-refractivity contribution < 1.29 is 4.84 Å². The number of hydrogen-bond acceptors (Lipinski definition) is 4. The molecule has 0 spiro atoms. The molecule has 0 fully saturated rings. The molecule has 1 aromatic heterocycles. The third-order valence-corrected chi connectivity index (χ3v) is 1.11. The first kappa shape index (κ1) is 7.39. The molecule has 3 N–H and O–H groups in total. The molecule has 0 aliphatic heterocycles. The van der Waals surface area contributed by atoms with Crippen LogP contribution in [0.25, 0.3) is 0 Å². The SMILES string of the molecule is COn1c(N)cc(=O)[nH]c1=O. The van der Waals surface area contributed by atoms with E-state index in [-0.39, 0.29) is 5.82 Å². The molecule has 0 aromatic carbocycles. The van der Waals surface area contributed by atoms with Crippen LogP contribution in [0.5, 0.6) is 0 Å². The van der Waals surface area contributed by atoms with E-state index in [1.807, 2.05) is 4.98 Å². The van der Waals surface area contributed by atoms with Crippen molar-refractivity contribution in [2.75, 3.05) is 12.8 Å². The van der Waals surface area contributed by atoms with Crippen molar-refractivity contribution in [3.05, 3.63) is 26.9 Å². The third kappa shape index (κ3) is 1.23. The smallest absolute Gasteiger partial charge is 0.363 e. The van der Waals surface area contributed by atoms with Gasteiger partial charge in [-0.25, -0.2) is 4.79 Å². The molecule has 6 nitrogen and oxygen atoms in total. The summed E-state index contributed by atoms with van der Waals surface area (Å²) < 4.78 is 0.779. The average Bonchev–Trinajstić information content (AvgIpc) is 1.85. The second-order valence-corrected chi connectivity index (χ2v) is 1.84. The van der Waals surface area contributed by atoms with Gasteiger partial charge in [0.05, 0.1) is 0 Å². The van der Waals surface area contributed by atoms with E-state index in [9.17, 15) is 9.59 Å². The minimum Gasteiger partial charge on any atom is -0.411 e. The Morgan fingerprint density at radius 2 is 2.27 bits per heavy atom. The van der Waals surface area contributed by atoms with Gasteiger partial charge in [0, 0.05) is 6.07 Å². The number of nitrogens with one attached hydrogen (secondary N) is 1. The molecule has 0 aliphatic carbocycles. The number of nitrogens with two attached hydrogens (primary N) is 1. The zero-order chi connectivity index (χ0) is 8.43. The first-order valence-corrected chi connectivity index (χ1v) is 2.81. The van der Waals surface area contributed by atoms with E-state index in [0.29, 0.717) is 0 Å². The van der Waals surface area contributed by atoms with E-state index < -0.39 is 11.2 Å². The second kappa shape index (κ2) is 2.49. The van der Waals surface area contributed by atoms with Crippen LogP contribution in [-0.2, 0) is 0 Å². The van der Waals surface area contributed by atoms with Gasteiger partial charge in [-0.05, 0) is 0 Å². The summed E-state index contributed by atoms with van der Waals surface area (Å²) in [6, 6.07) is 1.06. The van der Waals surface area contributed by atoms with Crippen LogP contribution in [0, 0.1) is 0 Å². The molecule has 0 unspecified atom stereocenters. The van der Waals surface area contributed by atoms with E-state index in [2.05, 4.69) is 4.84 Å². The largest absolute Gasteiger partial charge is 0.411 e. The summed E-state index contributed by atoms with van der Waals surface area (Å²) in [5.74, 6) is -0.0266. The van der Waals surface area contributed by atoms with Crippen molar-refractivity contribution in [2.45, 2.75) is 0 Å². The van der Waals surface area contributed by atoms with Gasteiger partial charge in [0.1, 0.15) is 7.11 Å². The maximum atomic E-state index is 10.8. The fraction of sp³-hybridized carbons (Fsp3) is 0.200. The first-order chi connectivity index (χ1) is 5.15. The normalized spacial score (nSPS) is 9.55. The second-order valence-electron chi connectivity index (χ2n) is 1.84. The summed E-state index contributed by atoms with van der Waals surface area (Å²) in [7, 11) is 1.27. The molecule has 0 bridgehead atoms. The maximum Gasteiger partial charge on any atom is 0.363 e. The van der Waals surface area contributed by atoms with Crippen molar-refractivity contribution in [1.29, 1.82) is 0 Å². The van der Waals surface area contributed by atoms with Gasteiger partial charge in [0.15, 0.2) is 5.82 Å². The van der Waals surface area contributed by atoms with Gasteiger partial charge < -0.3 is 10.6 Å². The number of anilines is 1. The first-order valence-electron chi connectivity index (χ1n) is 2.81. The van der Waals surface area contributed by atoms with Gasteiger partial charge in [0.2, 0.25) is 0 Å². The number of aromatic nitrogens is 2. The summed E-state index contributed by atoms with van der Waals surface area (Å²) in [4.78, 5) is 27.9. The Bertz CT molecular complexity index is 364. The molecule has 6 heteroatoms. The number of rotatable bonds is 1. The van der Waals surface area contributed by atoms with E-state index in [1.165, 1.54) is 7.11 Å². The highest BCUT2D eigenvalue weighted by atomic mass is 16.7. The fourth-order valence-corrected chi connectivity index (χ4v) is 0.691. The molecule has 1 rings (SSSR count). The topological polar surface area (TPSA) is 90.1 Å². The zero-order valence-electron chi connectivity index (χ0n) is 5.83. The number of hydrogen-bond donors (Lipinski definition) is 2. The van der Waals surface area contributed by atoms with Crippen LogP contribution in [0.3, 0.4) is 0 Å². The average molecular weight is 157 g/mol. The predicted octanol–water partition coefficient (Wildman–Crippen LogP) is -1.82. The minimum absolute atomic E-state index is 0.0266. The van der Waals surface area contributed by atoms with Gasteiger partial charge in [-0.15, -0.1) is 4.73 Å².